The van der Waals surface area contributed by atoms with E-state index in [9.17, 15) is 4.79 Å². The molecule has 4 rings (SSSR count). The molecule has 3 atom stereocenters. The molecule has 1 amide bonds. The Morgan fingerprint density at radius 1 is 1.32 bits per heavy atom. The van der Waals surface area contributed by atoms with E-state index < -0.39 is 0 Å². The Hall–Kier alpha value is -2.47. The number of morpholine rings is 1. The van der Waals surface area contributed by atoms with E-state index in [-0.39, 0.29) is 24.2 Å². The molecule has 1 saturated heterocycles. The monoisotopic (exact) mass is 339 g/mol. The van der Waals surface area contributed by atoms with Crippen molar-refractivity contribution >= 4 is 5.91 Å². The van der Waals surface area contributed by atoms with E-state index in [2.05, 4.69) is 9.97 Å². The normalized spacial score (nSPS) is 25.5. The molecule has 2 aromatic rings. The predicted octanol–water partition coefficient (Wildman–Crippen LogP) is 2.24. The highest BCUT2D eigenvalue weighted by atomic mass is 16.5. The third-order valence-corrected chi connectivity index (χ3v) is 4.83. The molecular formula is C19H21N3O3. The Labute approximate surface area is 146 Å². The second-order valence-corrected chi connectivity index (χ2v) is 6.55. The van der Waals surface area contributed by atoms with Gasteiger partial charge < -0.3 is 14.4 Å². The second-order valence-electron chi connectivity index (χ2n) is 6.55. The average molecular weight is 339 g/mol. The summed E-state index contributed by atoms with van der Waals surface area (Å²) in [4.78, 5) is 23.2. The Morgan fingerprint density at radius 3 is 3.04 bits per heavy atom. The van der Waals surface area contributed by atoms with Crippen LogP contribution in [0.1, 0.15) is 28.8 Å². The molecule has 0 aromatic carbocycles. The Morgan fingerprint density at radius 2 is 2.24 bits per heavy atom. The van der Waals surface area contributed by atoms with Crippen LogP contribution < -0.4 is 4.74 Å². The van der Waals surface area contributed by atoms with Gasteiger partial charge in [-0.1, -0.05) is 6.07 Å². The van der Waals surface area contributed by atoms with Crippen molar-refractivity contribution in [2.45, 2.75) is 38.0 Å². The van der Waals surface area contributed by atoms with Crippen molar-refractivity contribution in [1.29, 1.82) is 0 Å². The molecule has 25 heavy (non-hydrogen) atoms. The van der Waals surface area contributed by atoms with Crippen LogP contribution in [0.3, 0.4) is 0 Å². The molecule has 6 nitrogen and oxygen atoms in total. The lowest BCUT2D eigenvalue weighted by molar-refractivity contribution is -0.0793. The topological polar surface area (TPSA) is 64.6 Å². The third-order valence-electron chi connectivity index (χ3n) is 4.83. The van der Waals surface area contributed by atoms with Crippen molar-refractivity contribution in [3.63, 3.8) is 0 Å². The molecule has 2 aromatic heterocycles. The first-order valence-corrected chi connectivity index (χ1v) is 8.64. The van der Waals surface area contributed by atoms with Crippen LogP contribution in [0, 0.1) is 6.92 Å². The SMILES string of the molecule is Cc1cncc(C(=O)N2CCO[C@H]3[C@H]2CC[C@H]3Oc2ccccn2)c1. The first-order valence-electron chi connectivity index (χ1n) is 8.64. The maximum absolute atomic E-state index is 12.9. The van der Waals surface area contributed by atoms with Gasteiger partial charge in [0.1, 0.15) is 12.2 Å². The van der Waals surface area contributed by atoms with Crippen LogP contribution >= 0.6 is 0 Å². The van der Waals surface area contributed by atoms with Crippen LogP contribution in [-0.4, -0.2) is 52.2 Å². The number of ether oxygens (including phenoxy) is 2. The van der Waals surface area contributed by atoms with Gasteiger partial charge in [0.05, 0.1) is 18.2 Å². The van der Waals surface area contributed by atoms with Gasteiger partial charge in [-0.25, -0.2) is 4.98 Å². The van der Waals surface area contributed by atoms with Crippen LogP contribution in [0.5, 0.6) is 5.88 Å². The van der Waals surface area contributed by atoms with Crippen molar-refractivity contribution in [3.05, 3.63) is 54.0 Å². The number of aromatic nitrogens is 2. The van der Waals surface area contributed by atoms with Crippen molar-refractivity contribution < 1.29 is 14.3 Å². The molecule has 0 N–H and O–H groups in total. The lowest BCUT2D eigenvalue weighted by Gasteiger charge is -2.39. The van der Waals surface area contributed by atoms with E-state index in [0.717, 1.165) is 18.4 Å². The summed E-state index contributed by atoms with van der Waals surface area (Å²) >= 11 is 0. The number of carbonyl (C=O) groups is 1. The molecule has 2 aliphatic rings. The van der Waals surface area contributed by atoms with Crippen molar-refractivity contribution in [1.82, 2.24) is 14.9 Å². The number of hydrogen-bond acceptors (Lipinski definition) is 5. The number of pyridine rings is 2. The number of aryl methyl sites for hydroxylation is 1. The number of carbonyl (C=O) groups excluding carboxylic acids is 1. The van der Waals surface area contributed by atoms with Crippen LogP contribution in [0.2, 0.25) is 0 Å². The fourth-order valence-corrected chi connectivity index (χ4v) is 3.70. The number of fused-ring (bicyclic) bond motifs is 1. The van der Waals surface area contributed by atoms with E-state index in [1.165, 1.54) is 0 Å². The van der Waals surface area contributed by atoms with E-state index in [0.29, 0.717) is 24.6 Å². The predicted molar refractivity (Wildman–Crippen MR) is 91.4 cm³/mol. The van der Waals surface area contributed by atoms with Gasteiger partial charge >= 0.3 is 0 Å². The van der Waals surface area contributed by atoms with E-state index in [1.54, 1.807) is 18.6 Å². The van der Waals surface area contributed by atoms with Gasteiger partial charge in [-0.2, -0.15) is 0 Å². The number of nitrogens with zero attached hydrogens (tertiary/aromatic N) is 3. The molecule has 3 heterocycles. The van der Waals surface area contributed by atoms with Crippen molar-refractivity contribution in [2.75, 3.05) is 13.2 Å². The highest BCUT2D eigenvalue weighted by Crippen LogP contribution is 2.33. The quantitative estimate of drug-likeness (QED) is 0.858. The Bertz CT molecular complexity index is 753. The van der Waals surface area contributed by atoms with Crippen LogP contribution in [0.4, 0.5) is 0 Å². The van der Waals surface area contributed by atoms with E-state index in [4.69, 9.17) is 9.47 Å². The summed E-state index contributed by atoms with van der Waals surface area (Å²) in [6.45, 7) is 3.07. The lowest BCUT2D eigenvalue weighted by atomic mass is 10.1. The summed E-state index contributed by atoms with van der Waals surface area (Å²) in [6.07, 6.45) is 6.63. The molecule has 0 unspecified atom stereocenters. The molecular weight excluding hydrogens is 318 g/mol. The van der Waals surface area contributed by atoms with Gasteiger partial charge in [0.2, 0.25) is 5.88 Å². The van der Waals surface area contributed by atoms with Gasteiger partial charge in [-0.05, 0) is 37.5 Å². The second kappa shape index (κ2) is 6.80. The standard InChI is InChI=1S/C19H21N3O3/c1-13-10-14(12-20-11-13)19(23)22-8-9-24-18-15(22)5-6-16(18)25-17-4-2-3-7-21-17/h2-4,7,10-12,15-16,18H,5-6,8-9H2,1H3/t15-,16-,18+/m1/s1. The van der Waals surface area contributed by atoms with Gasteiger partial charge in [0.15, 0.2) is 0 Å². The minimum absolute atomic E-state index is 0.0213. The van der Waals surface area contributed by atoms with E-state index in [1.807, 2.05) is 36.1 Å². The zero-order valence-corrected chi connectivity index (χ0v) is 14.2. The van der Waals surface area contributed by atoms with Crippen LogP contribution in [-0.2, 0) is 4.74 Å². The summed E-state index contributed by atoms with van der Waals surface area (Å²) in [5.74, 6) is 0.621. The number of rotatable bonds is 3. The van der Waals surface area contributed by atoms with Gasteiger partial charge in [0.25, 0.3) is 5.91 Å². The fourth-order valence-electron chi connectivity index (χ4n) is 3.70. The highest BCUT2D eigenvalue weighted by molar-refractivity contribution is 5.94. The van der Waals surface area contributed by atoms with Gasteiger partial charge in [-0.3, -0.25) is 9.78 Å². The summed E-state index contributed by atoms with van der Waals surface area (Å²) in [5.41, 5.74) is 1.62. The smallest absolute Gasteiger partial charge is 0.255 e. The minimum atomic E-state index is -0.113. The van der Waals surface area contributed by atoms with Crippen LogP contribution in [0.25, 0.3) is 0 Å². The zero-order valence-electron chi connectivity index (χ0n) is 14.2. The largest absolute Gasteiger partial charge is 0.471 e. The Balaban J connectivity index is 1.50. The first kappa shape index (κ1) is 16.0. The molecule has 0 radical (unpaired) electrons. The summed E-state index contributed by atoms with van der Waals surface area (Å²) < 4.78 is 12.0. The molecule has 2 fully saturated rings. The molecule has 6 heteroatoms. The number of hydrogen-bond donors (Lipinski definition) is 0. The highest BCUT2D eigenvalue weighted by Gasteiger charge is 2.46. The lowest BCUT2D eigenvalue weighted by Crippen LogP contribution is -2.54. The van der Waals surface area contributed by atoms with Crippen LogP contribution in [0.15, 0.2) is 42.9 Å². The summed E-state index contributed by atoms with van der Waals surface area (Å²) in [6, 6.07) is 7.53. The molecule has 130 valence electrons. The van der Waals surface area contributed by atoms with Gasteiger partial charge in [-0.15, -0.1) is 0 Å². The van der Waals surface area contributed by atoms with E-state index >= 15 is 0 Å². The first-order chi connectivity index (χ1) is 12.2. The maximum atomic E-state index is 12.9. The molecule has 1 aliphatic heterocycles. The molecule has 1 saturated carbocycles. The summed E-state index contributed by atoms with van der Waals surface area (Å²) in [7, 11) is 0. The zero-order chi connectivity index (χ0) is 17.2. The molecule has 1 aliphatic carbocycles. The molecule has 0 spiro atoms. The summed E-state index contributed by atoms with van der Waals surface area (Å²) in [5, 5.41) is 0. The average Bonchev–Trinajstić information content (AvgIpc) is 3.05. The Kier molecular flexibility index (Phi) is 4.36. The molecule has 0 bridgehead atoms. The van der Waals surface area contributed by atoms with Crippen molar-refractivity contribution in [3.8, 4) is 5.88 Å². The third kappa shape index (κ3) is 3.22. The van der Waals surface area contributed by atoms with Gasteiger partial charge in [0, 0.05) is 31.2 Å². The number of amides is 1. The fraction of sp³-hybridized carbons (Fsp3) is 0.421. The van der Waals surface area contributed by atoms with Crippen molar-refractivity contribution in [2.24, 2.45) is 0 Å². The minimum Gasteiger partial charge on any atom is -0.471 e. The maximum Gasteiger partial charge on any atom is 0.255 e.